The summed E-state index contributed by atoms with van der Waals surface area (Å²) in [5.74, 6) is -1.44. The largest absolute Gasteiger partial charge is 0.481 e. The monoisotopic (exact) mass is 513 g/mol. The van der Waals surface area contributed by atoms with Crippen LogP contribution in [0, 0.1) is 5.92 Å². The number of benzene rings is 2. The van der Waals surface area contributed by atoms with Crippen molar-refractivity contribution in [3.8, 4) is 0 Å². The number of likely N-dealkylation sites (tertiary alicyclic amines) is 1. The Hall–Kier alpha value is -2.76. The Bertz CT molecular complexity index is 1010. The summed E-state index contributed by atoms with van der Waals surface area (Å²) in [4.78, 5) is 12.7. The normalized spacial score (nSPS) is 20.1. The smallest absolute Gasteiger partial charge is 0.416 e. The number of aliphatic carboxylic acids is 1. The second-order valence-corrected chi connectivity index (χ2v) is 8.51. The van der Waals surface area contributed by atoms with Gasteiger partial charge in [0.25, 0.3) is 0 Å². The lowest BCUT2D eigenvalue weighted by Crippen LogP contribution is -2.37. The zero-order chi connectivity index (χ0) is 26.2. The molecule has 1 fully saturated rings. The van der Waals surface area contributed by atoms with Crippen molar-refractivity contribution in [2.45, 2.75) is 50.4 Å². The van der Waals surface area contributed by atoms with Gasteiger partial charge in [-0.1, -0.05) is 12.1 Å². The fourth-order valence-corrected chi connectivity index (χ4v) is 4.29. The van der Waals surface area contributed by atoms with E-state index in [0.717, 1.165) is 12.1 Å². The minimum Gasteiger partial charge on any atom is -0.481 e. The molecule has 2 aromatic carbocycles. The van der Waals surface area contributed by atoms with Gasteiger partial charge in [0.2, 0.25) is 0 Å². The zero-order valence-corrected chi connectivity index (χ0v) is 17.9. The molecule has 192 valence electrons. The summed E-state index contributed by atoms with van der Waals surface area (Å²) < 4.78 is 118. The Balaban J connectivity index is 1.96. The topological polar surface area (TPSA) is 40.5 Å². The van der Waals surface area contributed by atoms with Crippen LogP contribution in [0.2, 0.25) is 0 Å². The average Bonchev–Trinajstić information content (AvgIpc) is 2.72. The zero-order valence-electron chi connectivity index (χ0n) is 17.9. The second-order valence-electron chi connectivity index (χ2n) is 8.51. The van der Waals surface area contributed by atoms with Crippen LogP contribution < -0.4 is 0 Å². The number of carboxylic acid groups (broad SMARTS) is 1. The van der Waals surface area contributed by atoms with E-state index in [2.05, 4.69) is 0 Å². The second kappa shape index (κ2) is 9.71. The maximum atomic E-state index is 13.2. The summed E-state index contributed by atoms with van der Waals surface area (Å²) in [5, 5.41) is 9.11. The van der Waals surface area contributed by atoms with E-state index in [1.165, 1.54) is 12.1 Å². The first-order valence-electron chi connectivity index (χ1n) is 10.5. The highest BCUT2D eigenvalue weighted by molar-refractivity contribution is 5.67. The molecule has 3 nitrogen and oxygen atoms in total. The molecule has 2 atom stereocenters. The summed E-state index contributed by atoms with van der Waals surface area (Å²) >= 11 is 0. The Morgan fingerprint density at radius 2 is 1.34 bits per heavy atom. The third-order valence-corrected chi connectivity index (χ3v) is 5.94. The van der Waals surface area contributed by atoms with E-state index in [0.29, 0.717) is 24.1 Å². The molecule has 0 bridgehead atoms. The molecule has 1 heterocycles. The maximum Gasteiger partial charge on any atom is 0.416 e. The lowest BCUT2D eigenvalue weighted by Gasteiger charge is -2.40. The number of nitrogens with zero attached hydrogens (tertiary/aromatic N) is 1. The van der Waals surface area contributed by atoms with E-state index in [9.17, 15) is 44.3 Å². The summed E-state index contributed by atoms with van der Waals surface area (Å²) in [6.07, 6.45) is -14.4. The van der Waals surface area contributed by atoms with Crippen molar-refractivity contribution in [1.29, 1.82) is 0 Å². The standard InChI is InChI=1S/C23H20F9NO2/c24-21(25,26)16-3-1-15(2-4-16)19-9-13(10-20(34)35)5-6-33(19)12-14-7-17(22(27,28)29)11-18(8-14)23(30,31)32/h1-4,7-8,11,13,19H,5-6,9-10,12H2,(H,34,35)/t13-,19+/m1/s1. The molecule has 0 amide bonds. The molecule has 0 aromatic heterocycles. The highest BCUT2D eigenvalue weighted by Gasteiger charge is 2.38. The van der Waals surface area contributed by atoms with Gasteiger partial charge < -0.3 is 5.11 Å². The first-order chi connectivity index (χ1) is 16.0. The summed E-state index contributed by atoms with van der Waals surface area (Å²) in [5.41, 5.74) is -3.75. The van der Waals surface area contributed by atoms with E-state index in [1.807, 2.05) is 0 Å². The number of rotatable bonds is 5. The third kappa shape index (κ3) is 6.89. The van der Waals surface area contributed by atoms with Gasteiger partial charge in [0.1, 0.15) is 0 Å². The molecule has 1 N–H and O–H groups in total. The molecular formula is C23H20F9NO2. The summed E-state index contributed by atoms with van der Waals surface area (Å²) in [7, 11) is 0. The van der Waals surface area contributed by atoms with Crippen LogP contribution in [-0.4, -0.2) is 22.5 Å². The van der Waals surface area contributed by atoms with Crippen LogP contribution >= 0.6 is 0 Å². The summed E-state index contributed by atoms with van der Waals surface area (Å²) in [6, 6.07) is 4.61. The molecule has 1 aliphatic rings. The van der Waals surface area contributed by atoms with Crippen molar-refractivity contribution >= 4 is 5.97 Å². The van der Waals surface area contributed by atoms with Crippen LogP contribution in [0.4, 0.5) is 39.5 Å². The van der Waals surface area contributed by atoms with Gasteiger partial charge in [0.15, 0.2) is 0 Å². The predicted octanol–water partition coefficient (Wildman–Crippen LogP) is 7.17. The number of carbonyl (C=O) groups is 1. The van der Waals surface area contributed by atoms with Crippen molar-refractivity contribution in [2.75, 3.05) is 6.54 Å². The van der Waals surface area contributed by atoms with Crippen molar-refractivity contribution in [2.24, 2.45) is 5.92 Å². The summed E-state index contributed by atoms with van der Waals surface area (Å²) in [6.45, 7) is -0.195. The van der Waals surface area contributed by atoms with Crippen molar-refractivity contribution < 1.29 is 49.4 Å². The molecule has 0 aliphatic carbocycles. The van der Waals surface area contributed by atoms with Crippen LogP contribution in [0.25, 0.3) is 0 Å². The maximum absolute atomic E-state index is 13.2. The van der Waals surface area contributed by atoms with Gasteiger partial charge in [-0.3, -0.25) is 9.69 Å². The van der Waals surface area contributed by atoms with Gasteiger partial charge in [-0.25, -0.2) is 0 Å². The Morgan fingerprint density at radius 1 is 0.829 bits per heavy atom. The number of carboxylic acids is 1. The molecule has 1 aliphatic heterocycles. The number of alkyl halides is 9. The lowest BCUT2D eigenvalue weighted by molar-refractivity contribution is -0.143. The van der Waals surface area contributed by atoms with E-state index in [1.54, 1.807) is 4.90 Å². The third-order valence-electron chi connectivity index (χ3n) is 5.94. The SMILES string of the molecule is O=C(O)C[C@@H]1CCN(Cc2cc(C(F)(F)F)cc(C(F)(F)F)c2)[C@H](c2ccc(C(F)(F)F)cc2)C1. The van der Waals surface area contributed by atoms with Crippen LogP contribution in [0.5, 0.6) is 0 Å². The Kier molecular flexibility index (Phi) is 7.45. The van der Waals surface area contributed by atoms with Gasteiger partial charge >= 0.3 is 24.5 Å². The fourth-order valence-electron chi connectivity index (χ4n) is 4.29. The highest BCUT2D eigenvalue weighted by Crippen LogP contribution is 2.40. The molecular weight excluding hydrogens is 493 g/mol. The first-order valence-corrected chi connectivity index (χ1v) is 10.5. The molecule has 12 heteroatoms. The molecule has 1 saturated heterocycles. The number of halogens is 9. The van der Waals surface area contributed by atoms with Crippen molar-refractivity contribution in [1.82, 2.24) is 4.90 Å². The van der Waals surface area contributed by atoms with E-state index in [-0.39, 0.29) is 43.5 Å². The van der Waals surface area contributed by atoms with Crippen LogP contribution in [0.15, 0.2) is 42.5 Å². The van der Waals surface area contributed by atoms with Gasteiger partial charge in [-0.15, -0.1) is 0 Å². The van der Waals surface area contributed by atoms with E-state index in [4.69, 9.17) is 5.11 Å². The highest BCUT2D eigenvalue weighted by atomic mass is 19.4. The van der Waals surface area contributed by atoms with Gasteiger partial charge in [-0.2, -0.15) is 39.5 Å². The first kappa shape index (κ1) is 26.8. The molecule has 2 aromatic rings. The fraction of sp³-hybridized carbons (Fsp3) is 0.435. The molecule has 0 radical (unpaired) electrons. The Labute approximate surface area is 194 Å². The minimum absolute atomic E-state index is 0.0237. The van der Waals surface area contributed by atoms with Crippen molar-refractivity contribution in [3.05, 3.63) is 70.3 Å². The van der Waals surface area contributed by atoms with Gasteiger partial charge in [0, 0.05) is 19.0 Å². The molecule has 3 rings (SSSR count). The van der Waals surface area contributed by atoms with E-state index >= 15 is 0 Å². The average molecular weight is 513 g/mol. The van der Waals surface area contributed by atoms with Gasteiger partial charge in [-0.05, 0) is 66.8 Å². The molecule has 0 spiro atoms. The Morgan fingerprint density at radius 3 is 1.80 bits per heavy atom. The number of piperidine rings is 1. The van der Waals surface area contributed by atoms with E-state index < -0.39 is 47.2 Å². The van der Waals surface area contributed by atoms with Crippen molar-refractivity contribution in [3.63, 3.8) is 0 Å². The van der Waals surface area contributed by atoms with Gasteiger partial charge in [0.05, 0.1) is 16.7 Å². The number of hydrogen-bond donors (Lipinski definition) is 1. The molecule has 35 heavy (non-hydrogen) atoms. The van der Waals surface area contributed by atoms with Crippen LogP contribution in [0.3, 0.4) is 0 Å². The van der Waals surface area contributed by atoms with Crippen LogP contribution in [-0.2, 0) is 29.9 Å². The predicted molar refractivity (Wildman–Crippen MR) is 106 cm³/mol. The number of hydrogen-bond acceptors (Lipinski definition) is 2. The minimum atomic E-state index is -5.02. The van der Waals surface area contributed by atoms with Crippen LogP contribution in [0.1, 0.15) is 53.1 Å². The molecule has 0 unspecified atom stereocenters. The lowest BCUT2D eigenvalue weighted by atomic mass is 9.84. The quantitative estimate of drug-likeness (QED) is 0.431. The molecule has 0 saturated carbocycles.